The topological polar surface area (TPSA) is 51.2 Å². The number of hydrogen-bond donors (Lipinski definition) is 0. The minimum atomic E-state index is -0.124. The average Bonchev–Trinajstić information content (AvgIpc) is 3.16. The Kier molecular flexibility index (Phi) is 5.81. The fraction of sp³-hybridized carbons (Fsp3) is 0.632. The highest BCUT2D eigenvalue weighted by atomic mass is 16.5. The van der Waals surface area contributed by atoms with Gasteiger partial charge in [-0.1, -0.05) is 0 Å². The predicted octanol–water partition coefficient (Wildman–Crippen LogP) is 2.09. The van der Waals surface area contributed by atoms with Gasteiger partial charge in [0, 0.05) is 25.2 Å². The monoisotopic (exact) mass is 348 g/mol. The number of rotatable bonds is 5. The standard InChI is InChI=1S/C19H28N2O4/c1-14(20-9-11-25-12-10-20)19(22)21-8-4-5-17(21)16-13-15(23-2)6-7-18(16)24-3/h6-7,13-14,17H,4-5,8-12H2,1-3H3/t14-,17+/m1/s1. The number of morpholine rings is 1. The third-order valence-electron chi connectivity index (χ3n) is 5.28. The molecule has 2 atom stereocenters. The molecule has 2 saturated heterocycles. The van der Waals surface area contributed by atoms with Crippen LogP contribution in [-0.2, 0) is 9.53 Å². The van der Waals surface area contributed by atoms with Crippen molar-refractivity contribution in [3.8, 4) is 11.5 Å². The van der Waals surface area contributed by atoms with Crippen molar-refractivity contribution < 1.29 is 19.0 Å². The first-order chi connectivity index (χ1) is 12.2. The van der Waals surface area contributed by atoms with Gasteiger partial charge in [0.05, 0.1) is 39.5 Å². The second kappa shape index (κ2) is 8.06. The summed E-state index contributed by atoms with van der Waals surface area (Å²) < 4.78 is 16.3. The first kappa shape index (κ1) is 18.0. The van der Waals surface area contributed by atoms with Gasteiger partial charge in [-0.2, -0.15) is 0 Å². The molecule has 0 N–H and O–H groups in total. The maximum atomic E-state index is 13.2. The van der Waals surface area contributed by atoms with Gasteiger partial charge < -0.3 is 19.1 Å². The summed E-state index contributed by atoms with van der Waals surface area (Å²) in [6.45, 7) is 5.82. The van der Waals surface area contributed by atoms with Gasteiger partial charge in [-0.3, -0.25) is 9.69 Å². The Balaban J connectivity index is 1.81. The number of carbonyl (C=O) groups is 1. The normalized spacial score (nSPS) is 22.7. The molecule has 6 nitrogen and oxygen atoms in total. The van der Waals surface area contributed by atoms with Gasteiger partial charge in [0.15, 0.2) is 0 Å². The summed E-state index contributed by atoms with van der Waals surface area (Å²) >= 11 is 0. The maximum Gasteiger partial charge on any atom is 0.240 e. The van der Waals surface area contributed by atoms with E-state index in [1.54, 1.807) is 14.2 Å². The molecule has 0 unspecified atom stereocenters. The van der Waals surface area contributed by atoms with Gasteiger partial charge in [0.25, 0.3) is 0 Å². The molecule has 0 radical (unpaired) electrons. The van der Waals surface area contributed by atoms with Crippen LogP contribution < -0.4 is 9.47 Å². The Labute approximate surface area is 149 Å². The predicted molar refractivity (Wildman–Crippen MR) is 95.1 cm³/mol. The Bertz CT molecular complexity index is 601. The highest BCUT2D eigenvalue weighted by Crippen LogP contribution is 2.39. The van der Waals surface area contributed by atoms with Gasteiger partial charge in [-0.25, -0.2) is 0 Å². The van der Waals surface area contributed by atoms with Gasteiger partial charge in [0.1, 0.15) is 11.5 Å². The Morgan fingerprint density at radius 2 is 1.96 bits per heavy atom. The third-order valence-corrected chi connectivity index (χ3v) is 5.28. The first-order valence-corrected chi connectivity index (χ1v) is 9.00. The summed E-state index contributed by atoms with van der Waals surface area (Å²) in [5.41, 5.74) is 1.03. The SMILES string of the molecule is COc1ccc(OC)c([C@@H]2CCCN2C(=O)[C@@H](C)N2CCOCC2)c1. The molecule has 0 saturated carbocycles. The van der Waals surface area contributed by atoms with E-state index in [0.717, 1.165) is 49.5 Å². The summed E-state index contributed by atoms with van der Waals surface area (Å²) in [5.74, 6) is 1.79. The Hall–Kier alpha value is -1.79. The van der Waals surface area contributed by atoms with Crippen LogP contribution in [0, 0.1) is 0 Å². The van der Waals surface area contributed by atoms with Crippen molar-refractivity contribution in [1.82, 2.24) is 9.80 Å². The zero-order valence-electron chi connectivity index (χ0n) is 15.4. The van der Waals surface area contributed by atoms with E-state index in [4.69, 9.17) is 14.2 Å². The van der Waals surface area contributed by atoms with Crippen molar-refractivity contribution in [2.24, 2.45) is 0 Å². The molecule has 0 aliphatic carbocycles. The molecule has 6 heteroatoms. The van der Waals surface area contributed by atoms with Gasteiger partial charge in [0.2, 0.25) is 5.91 Å². The van der Waals surface area contributed by atoms with E-state index in [-0.39, 0.29) is 18.0 Å². The van der Waals surface area contributed by atoms with E-state index in [1.165, 1.54) is 0 Å². The van der Waals surface area contributed by atoms with Gasteiger partial charge in [-0.15, -0.1) is 0 Å². The molecule has 2 heterocycles. The van der Waals surface area contributed by atoms with Gasteiger partial charge in [-0.05, 0) is 38.0 Å². The van der Waals surface area contributed by atoms with Crippen molar-refractivity contribution in [3.63, 3.8) is 0 Å². The van der Waals surface area contributed by atoms with Crippen LogP contribution in [0.15, 0.2) is 18.2 Å². The number of ether oxygens (including phenoxy) is 3. The Morgan fingerprint density at radius 1 is 1.20 bits per heavy atom. The average molecular weight is 348 g/mol. The van der Waals surface area contributed by atoms with E-state index in [0.29, 0.717) is 13.2 Å². The molecule has 138 valence electrons. The van der Waals surface area contributed by atoms with Crippen LogP contribution in [0.2, 0.25) is 0 Å². The summed E-state index contributed by atoms with van der Waals surface area (Å²) in [6, 6.07) is 5.72. The minimum Gasteiger partial charge on any atom is -0.497 e. The molecule has 2 aliphatic heterocycles. The van der Waals surface area contributed by atoms with Crippen molar-refractivity contribution >= 4 is 5.91 Å². The lowest BCUT2D eigenvalue weighted by molar-refractivity contribution is -0.139. The minimum absolute atomic E-state index is 0.0426. The van der Waals surface area contributed by atoms with Crippen LogP contribution in [0.25, 0.3) is 0 Å². The van der Waals surface area contributed by atoms with Crippen molar-refractivity contribution in [3.05, 3.63) is 23.8 Å². The molecule has 25 heavy (non-hydrogen) atoms. The van der Waals surface area contributed by atoms with Crippen LogP contribution >= 0.6 is 0 Å². The molecular weight excluding hydrogens is 320 g/mol. The zero-order valence-corrected chi connectivity index (χ0v) is 15.4. The first-order valence-electron chi connectivity index (χ1n) is 9.00. The van der Waals surface area contributed by atoms with Crippen LogP contribution in [0.5, 0.6) is 11.5 Å². The fourth-order valence-electron chi connectivity index (χ4n) is 3.81. The summed E-state index contributed by atoms with van der Waals surface area (Å²) in [4.78, 5) is 17.4. The zero-order chi connectivity index (χ0) is 17.8. The third kappa shape index (κ3) is 3.75. The van der Waals surface area contributed by atoms with E-state index in [2.05, 4.69) is 4.90 Å². The largest absolute Gasteiger partial charge is 0.497 e. The highest BCUT2D eigenvalue weighted by molar-refractivity contribution is 5.82. The summed E-state index contributed by atoms with van der Waals surface area (Å²) in [7, 11) is 3.33. The van der Waals surface area contributed by atoms with Crippen LogP contribution in [0.1, 0.15) is 31.4 Å². The number of amides is 1. The van der Waals surface area contributed by atoms with Gasteiger partial charge >= 0.3 is 0 Å². The van der Waals surface area contributed by atoms with Crippen LogP contribution in [-0.4, -0.2) is 68.8 Å². The fourth-order valence-corrected chi connectivity index (χ4v) is 3.81. The molecule has 3 rings (SSSR count). The summed E-state index contributed by atoms with van der Waals surface area (Å²) in [5, 5.41) is 0. The molecule has 1 aromatic carbocycles. The van der Waals surface area contributed by atoms with E-state index >= 15 is 0 Å². The van der Waals surface area contributed by atoms with Crippen molar-refractivity contribution in [1.29, 1.82) is 0 Å². The number of nitrogens with zero attached hydrogens (tertiary/aromatic N) is 2. The van der Waals surface area contributed by atoms with Crippen molar-refractivity contribution in [2.75, 3.05) is 47.1 Å². The number of methoxy groups -OCH3 is 2. The Morgan fingerprint density at radius 3 is 2.64 bits per heavy atom. The molecule has 0 aromatic heterocycles. The lowest BCUT2D eigenvalue weighted by atomic mass is 10.0. The number of carbonyl (C=O) groups excluding carboxylic acids is 1. The number of benzene rings is 1. The quantitative estimate of drug-likeness (QED) is 0.816. The molecular formula is C19H28N2O4. The van der Waals surface area contributed by atoms with E-state index < -0.39 is 0 Å². The summed E-state index contributed by atoms with van der Waals surface area (Å²) in [6.07, 6.45) is 1.96. The van der Waals surface area contributed by atoms with Crippen LogP contribution in [0.3, 0.4) is 0 Å². The molecule has 0 bridgehead atoms. The molecule has 0 spiro atoms. The molecule has 1 amide bonds. The van der Waals surface area contributed by atoms with Crippen molar-refractivity contribution in [2.45, 2.75) is 31.8 Å². The van der Waals surface area contributed by atoms with Crippen LogP contribution in [0.4, 0.5) is 0 Å². The van der Waals surface area contributed by atoms with E-state index in [1.807, 2.05) is 30.0 Å². The second-order valence-electron chi connectivity index (χ2n) is 6.62. The van der Waals surface area contributed by atoms with E-state index in [9.17, 15) is 4.79 Å². The second-order valence-corrected chi connectivity index (χ2v) is 6.62. The molecule has 2 aliphatic rings. The smallest absolute Gasteiger partial charge is 0.240 e. The molecule has 2 fully saturated rings. The lowest BCUT2D eigenvalue weighted by Crippen LogP contribution is -2.50. The molecule has 1 aromatic rings. The highest BCUT2D eigenvalue weighted by Gasteiger charge is 2.36. The number of hydrogen-bond acceptors (Lipinski definition) is 5. The lowest BCUT2D eigenvalue weighted by Gasteiger charge is -2.35. The number of likely N-dealkylation sites (tertiary alicyclic amines) is 1. The maximum absolute atomic E-state index is 13.2.